The highest BCUT2D eigenvalue weighted by molar-refractivity contribution is 6.06. The molecular formula is C12H12N2O2. The van der Waals surface area contributed by atoms with Gasteiger partial charge in [0.1, 0.15) is 11.8 Å². The number of carbonyl (C=O) groups excluding carboxylic acids is 1. The Morgan fingerprint density at radius 1 is 1.38 bits per heavy atom. The molecule has 0 spiro atoms. The minimum Gasteiger partial charge on any atom is -0.463 e. The van der Waals surface area contributed by atoms with Crippen LogP contribution in [0.2, 0.25) is 0 Å². The van der Waals surface area contributed by atoms with E-state index in [1.165, 1.54) is 6.26 Å². The van der Waals surface area contributed by atoms with Gasteiger partial charge in [-0.15, -0.1) is 0 Å². The van der Waals surface area contributed by atoms with Crippen molar-refractivity contribution in [3.8, 4) is 0 Å². The number of nitrogens with one attached hydrogen (secondary N) is 2. The Labute approximate surface area is 92.6 Å². The number of rotatable bonds is 2. The lowest BCUT2D eigenvalue weighted by Crippen LogP contribution is -2.56. The van der Waals surface area contributed by atoms with Gasteiger partial charge in [-0.2, -0.15) is 0 Å². The molecule has 1 amide bonds. The summed E-state index contributed by atoms with van der Waals surface area (Å²) in [7, 11) is 0. The van der Waals surface area contributed by atoms with Gasteiger partial charge in [0.15, 0.2) is 0 Å². The van der Waals surface area contributed by atoms with Crippen molar-refractivity contribution in [2.24, 2.45) is 0 Å². The molecule has 1 aromatic carbocycles. The largest absolute Gasteiger partial charge is 0.463 e. The van der Waals surface area contributed by atoms with Gasteiger partial charge < -0.3 is 15.1 Å². The smallest absolute Gasteiger partial charge is 0.255 e. The van der Waals surface area contributed by atoms with E-state index in [1.54, 1.807) is 0 Å². The number of amides is 1. The molecule has 3 rings (SSSR count). The van der Waals surface area contributed by atoms with Crippen LogP contribution in [0.5, 0.6) is 0 Å². The standard InChI is InChI=1S/C12H12N2O2/c15-12(14-8-5-13-6-8)10-7-16-11-4-2-1-3-9(10)11/h1-4,7-8,13H,5-6H2,(H,14,15). The second-order valence-corrected chi connectivity index (χ2v) is 3.97. The van der Waals surface area contributed by atoms with Gasteiger partial charge in [0.2, 0.25) is 0 Å². The first-order valence-electron chi connectivity index (χ1n) is 5.32. The van der Waals surface area contributed by atoms with Crippen molar-refractivity contribution in [1.82, 2.24) is 10.6 Å². The van der Waals surface area contributed by atoms with Gasteiger partial charge in [-0.25, -0.2) is 0 Å². The first kappa shape index (κ1) is 9.42. The van der Waals surface area contributed by atoms with Gasteiger partial charge in [-0.3, -0.25) is 4.79 Å². The molecule has 82 valence electrons. The molecule has 4 nitrogen and oxygen atoms in total. The average Bonchev–Trinajstić information content (AvgIpc) is 2.67. The molecule has 0 radical (unpaired) electrons. The van der Waals surface area contributed by atoms with Crippen molar-refractivity contribution in [3.63, 3.8) is 0 Å². The van der Waals surface area contributed by atoms with Crippen LogP contribution in [0, 0.1) is 0 Å². The zero-order valence-corrected chi connectivity index (χ0v) is 8.69. The lowest BCUT2D eigenvalue weighted by atomic mass is 10.1. The van der Waals surface area contributed by atoms with Crippen molar-refractivity contribution in [2.75, 3.05) is 13.1 Å². The molecule has 0 unspecified atom stereocenters. The van der Waals surface area contributed by atoms with Gasteiger partial charge >= 0.3 is 0 Å². The van der Waals surface area contributed by atoms with E-state index >= 15 is 0 Å². The number of para-hydroxylation sites is 1. The Bertz CT molecular complexity index is 529. The molecule has 1 aliphatic heterocycles. The zero-order valence-electron chi connectivity index (χ0n) is 8.69. The highest BCUT2D eigenvalue weighted by Gasteiger charge is 2.21. The summed E-state index contributed by atoms with van der Waals surface area (Å²) in [6.07, 6.45) is 1.52. The summed E-state index contributed by atoms with van der Waals surface area (Å²) in [5, 5.41) is 6.93. The third-order valence-corrected chi connectivity index (χ3v) is 2.84. The topological polar surface area (TPSA) is 54.3 Å². The number of carbonyl (C=O) groups is 1. The van der Waals surface area contributed by atoms with Crippen LogP contribution in [0.3, 0.4) is 0 Å². The van der Waals surface area contributed by atoms with Crippen LogP contribution >= 0.6 is 0 Å². The van der Waals surface area contributed by atoms with Crippen molar-refractivity contribution < 1.29 is 9.21 Å². The van der Waals surface area contributed by atoms with E-state index in [-0.39, 0.29) is 11.9 Å². The van der Waals surface area contributed by atoms with Crippen molar-refractivity contribution in [1.29, 1.82) is 0 Å². The van der Waals surface area contributed by atoms with Gasteiger partial charge in [0, 0.05) is 18.5 Å². The first-order valence-corrected chi connectivity index (χ1v) is 5.32. The fourth-order valence-corrected chi connectivity index (χ4v) is 1.81. The molecule has 1 fully saturated rings. The van der Waals surface area contributed by atoms with Crippen molar-refractivity contribution >= 4 is 16.9 Å². The van der Waals surface area contributed by atoms with Crippen LogP contribution < -0.4 is 10.6 Å². The van der Waals surface area contributed by atoms with Crippen molar-refractivity contribution in [3.05, 3.63) is 36.1 Å². The molecule has 1 aromatic heterocycles. The Morgan fingerprint density at radius 3 is 2.94 bits per heavy atom. The molecule has 16 heavy (non-hydrogen) atoms. The van der Waals surface area contributed by atoms with E-state index in [2.05, 4.69) is 10.6 Å². The maximum Gasteiger partial charge on any atom is 0.255 e. The van der Waals surface area contributed by atoms with Crippen LogP contribution in [0.4, 0.5) is 0 Å². The molecule has 1 saturated heterocycles. The Morgan fingerprint density at radius 2 is 2.19 bits per heavy atom. The zero-order chi connectivity index (χ0) is 11.0. The summed E-state index contributed by atoms with van der Waals surface area (Å²) in [5.74, 6) is -0.0588. The Kier molecular flexibility index (Phi) is 2.15. The maximum absolute atomic E-state index is 11.9. The number of furan rings is 1. The number of benzene rings is 1. The quantitative estimate of drug-likeness (QED) is 0.791. The summed E-state index contributed by atoms with van der Waals surface area (Å²) >= 11 is 0. The van der Waals surface area contributed by atoms with E-state index in [0.29, 0.717) is 5.56 Å². The molecule has 0 aliphatic carbocycles. The second kappa shape index (κ2) is 3.64. The third kappa shape index (κ3) is 1.47. The van der Waals surface area contributed by atoms with Gasteiger partial charge in [0.05, 0.1) is 11.6 Å². The van der Waals surface area contributed by atoms with Crippen LogP contribution in [0.25, 0.3) is 11.0 Å². The summed E-state index contributed by atoms with van der Waals surface area (Å²) in [4.78, 5) is 11.9. The van der Waals surface area contributed by atoms with Crippen LogP contribution in [-0.4, -0.2) is 25.0 Å². The molecule has 2 N–H and O–H groups in total. The molecule has 0 atom stereocenters. The minimum atomic E-state index is -0.0588. The Balaban J connectivity index is 1.89. The summed E-state index contributed by atoms with van der Waals surface area (Å²) in [5.41, 5.74) is 1.36. The summed E-state index contributed by atoms with van der Waals surface area (Å²) < 4.78 is 5.33. The van der Waals surface area contributed by atoms with Crippen LogP contribution in [0.15, 0.2) is 34.9 Å². The highest BCUT2D eigenvalue weighted by Crippen LogP contribution is 2.20. The van der Waals surface area contributed by atoms with Gasteiger partial charge in [-0.1, -0.05) is 18.2 Å². The molecule has 2 heterocycles. The van der Waals surface area contributed by atoms with E-state index in [0.717, 1.165) is 24.1 Å². The van der Waals surface area contributed by atoms with Crippen LogP contribution in [0.1, 0.15) is 10.4 Å². The summed E-state index contributed by atoms with van der Waals surface area (Å²) in [6, 6.07) is 7.80. The van der Waals surface area contributed by atoms with E-state index in [1.807, 2.05) is 24.3 Å². The average molecular weight is 216 g/mol. The molecule has 0 saturated carbocycles. The minimum absolute atomic E-state index is 0.0588. The van der Waals surface area contributed by atoms with Crippen molar-refractivity contribution in [2.45, 2.75) is 6.04 Å². The molecular weight excluding hydrogens is 204 g/mol. The summed E-state index contributed by atoms with van der Waals surface area (Å²) in [6.45, 7) is 1.70. The lowest BCUT2D eigenvalue weighted by Gasteiger charge is -2.27. The van der Waals surface area contributed by atoms with Gasteiger partial charge in [-0.05, 0) is 6.07 Å². The number of hydrogen-bond donors (Lipinski definition) is 2. The second-order valence-electron chi connectivity index (χ2n) is 3.97. The first-order chi connectivity index (χ1) is 7.84. The molecule has 0 bridgehead atoms. The maximum atomic E-state index is 11.9. The fraction of sp³-hybridized carbons (Fsp3) is 0.250. The highest BCUT2D eigenvalue weighted by atomic mass is 16.3. The Hall–Kier alpha value is -1.81. The van der Waals surface area contributed by atoms with E-state index in [9.17, 15) is 4.79 Å². The third-order valence-electron chi connectivity index (χ3n) is 2.84. The fourth-order valence-electron chi connectivity index (χ4n) is 1.81. The number of fused-ring (bicyclic) bond motifs is 1. The molecule has 1 aliphatic rings. The predicted molar refractivity (Wildman–Crippen MR) is 60.3 cm³/mol. The van der Waals surface area contributed by atoms with E-state index in [4.69, 9.17) is 4.42 Å². The normalized spacial score (nSPS) is 16.0. The SMILES string of the molecule is O=C(NC1CNC1)c1coc2ccccc12. The predicted octanol–water partition coefficient (Wildman–Crippen LogP) is 1.13. The molecule has 2 aromatic rings. The van der Waals surface area contributed by atoms with Crippen LogP contribution in [-0.2, 0) is 0 Å². The lowest BCUT2D eigenvalue weighted by molar-refractivity contribution is 0.0925. The monoisotopic (exact) mass is 216 g/mol. The number of hydrogen-bond acceptors (Lipinski definition) is 3. The van der Waals surface area contributed by atoms with E-state index < -0.39 is 0 Å². The van der Waals surface area contributed by atoms with Gasteiger partial charge in [0.25, 0.3) is 5.91 Å². The molecule has 4 heteroatoms.